The Morgan fingerprint density at radius 3 is 2.32 bits per heavy atom. The van der Waals surface area contributed by atoms with E-state index in [-0.39, 0.29) is 17.5 Å². The van der Waals surface area contributed by atoms with Crippen molar-refractivity contribution in [3.63, 3.8) is 0 Å². The summed E-state index contributed by atoms with van der Waals surface area (Å²) in [6.45, 7) is 2.09. The molecule has 0 radical (unpaired) electrons. The SMILES string of the molecule is O=C(Nc1ccccc1)C1CC[NH+](Cn2nnn(-c3ccccc3)c2=O)CC1. The Morgan fingerprint density at radius 1 is 1.00 bits per heavy atom. The molecule has 2 aromatic carbocycles. The number of amides is 1. The van der Waals surface area contributed by atoms with E-state index in [4.69, 9.17) is 0 Å². The summed E-state index contributed by atoms with van der Waals surface area (Å²) in [6, 6.07) is 18.8. The number of benzene rings is 2. The van der Waals surface area contributed by atoms with Gasteiger partial charge in [0, 0.05) is 24.4 Å². The lowest BCUT2D eigenvalue weighted by molar-refractivity contribution is -0.929. The number of likely N-dealkylation sites (tertiary alicyclic amines) is 1. The first-order valence-electron chi connectivity index (χ1n) is 9.48. The number of nitrogens with one attached hydrogen (secondary N) is 2. The summed E-state index contributed by atoms with van der Waals surface area (Å²) in [5, 5.41) is 11.0. The zero-order valence-corrected chi connectivity index (χ0v) is 15.5. The monoisotopic (exact) mass is 379 g/mol. The van der Waals surface area contributed by atoms with E-state index < -0.39 is 0 Å². The van der Waals surface area contributed by atoms with Crippen LogP contribution in [0.5, 0.6) is 0 Å². The summed E-state index contributed by atoms with van der Waals surface area (Å²) < 4.78 is 2.70. The maximum atomic E-state index is 12.5. The largest absolute Gasteiger partial charge is 0.373 e. The second-order valence-corrected chi connectivity index (χ2v) is 7.05. The molecular weight excluding hydrogens is 356 g/mol. The average Bonchev–Trinajstić information content (AvgIpc) is 3.10. The number of nitrogens with zero attached hydrogens (tertiary/aromatic N) is 4. The third kappa shape index (κ3) is 4.01. The lowest BCUT2D eigenvalue weighted by Gasteiger charge is -2.28. The molecule has 8 nitrogen and oxygen atoms in total. The van der Waals surface area contributed by atoms with Gasteiger partial charge in [-0.2, -0.15) is 4.68 Å². The zero-order valence-electron chi connectivity index (χ0n) is 15.5. The second-order valence-electron chi connectivity index (χ2n) is 7.05. The number of quaternary nitrogens is 1. The van der Waals surface area contributed by atoms with Crippen molar-refractivity contribution in [2.75, 3.05) is 18.4 Å². The molecule has 1 fully saturated rings. The molecule has 1 aliphatic heterocycles. The smallest absolute Gasteiger partial charge is 0.326 e. The minimum atomic E-state index is -0.248. The van der Waals surface area contributed by atoms with Gasteiger partial charge in [-0.1, -0.05) is 36.4 Å². The van der Waals surface area contributed by atoms with Crippen LogP contribution in [-0.4, -0.2) is 38.8 Å². The van der Waals surface area contributed by atoms with Gasteiger partial charge in [-0.3, -0.25) is 4.79 Å². The fourth-order valence-electron chi connectivity index (χ4n) is 3.53. The van der Waals surface area contributed by atoms with Crippen LogP contribution in [0.4, 0.5) is 5.69 Å². The van der Waals surface area contributed by atoms with E-state index in [1.165, 1.54) is 14.3 Å². The average molecular weight is 379 g/mol. The normalized spacial score (nSPS) is 19.3. The Labute approximate surface area is 162 Å². The number of piperidine rings is 1. The van der Waals surface area contributed by atoms with Crippen LogP contribution in [0.15, 0.2) is 65.5 Å². The predicted molar refractivity (Wildman–Crippen MR) is 104 cm³/mol. The number of anilines is 1. The molecule has 2 heterocycles. The van der Waals surface area contributed by atoms with Crippen LogP contribution in [-0.2, 0) is 11.5 Å². The molecule has 4 rings (SSSR count). The van der Waals surface area contributed by atoms with Crippen molar-refractivity contribution >= 4 is 11.6 Å². The summed E-state index contributed by atoms with van der Waals surface area (Å²) in [4.78, 5) is 26.2. The number of tetrazole rings is 1. The van der Waals surface area contributed by atoms with Crippen molar-refractivity contribution in [1.29, 1.82) is 0 Å². The Balaban J connectivity index is 1.33. The summed E-state index contributed by atoms with van der Waals surface area (Å²) in [5.74, 6) is 0.0677. The van der Waals surface area contributed by atoms with E-state index in [2.05, 4.69) is 15.7 Å². The van der Waals surface area contributed by atoms with E-state index in [9.17, 15) is 9.59 Å². The van der Waals surface area contributed by atoms with Crippen LogP contribution in [0.2, 0.25) is 0 Å². The fraction of sp³-hybridized carbons (Fsp3) is 0.300. The molecule has 1 aliphatic rings. The third-order valence-corrected chi connectivity index (χ3v) is 5.12. The highest BCUT2D eigenvalue weighted by Gasteiger charge is 2.28. The number of para-hydroxylation sites is 2. The first-order valence-corrected chi connectivity index (χ1v) is 9.48. The molecule has 0 unspecified atom stereocenters. The molecule has 3 aromatic rings. The van der Waals surface area contributed by atoms with Crippen LogP contribution in [0.3, 0.4) is 0 Å². The first-order chi connectivity index (χ1) is 13.7. The summed E-state index contributed by atoms with van der Waals surface area (Å²) >= 11 is 0. The Hall–Kier alpha value is -3.26. The number of aromatic nitrogens is 4. The molecule has 8 heteroatoms. The minimum absolute atomic E-state index is 0.000629. The van der Waals surface area contributed by atoms with Gasteiger partial charge in [-0.05, 0) is 34.7 Å². The van der Waals surface area contributed by atoms with Gasteiger partial charge in [-0.15, -0.1) is 4.68 Å². The van der Waals surface area contributed by atoms with E-state index in [1.54, 1.807) is 0 Å². The summed E-state index contributed by atoms with van der Waals surface area (Å²) in [6.07, 6.45) is 1.57. The van der Waals surface area contributed by atoms with Gasteiger partial charge in [0.2, 0.25) is 5.91 Å². The van der Waals surface area contributed by atoms with Gasteiger partial charge >= 0.3 is 5.69 Å². The number of hydrogen-bond acceptors (Lipinski definition) is 4. The zero-order chi connectivity index (χ0) is 19.3. The molecular formula is C20H23N6O2+. The molecule has 1 saturated heterocycles. The molecule has 0 saturated carbocycles. The summed E-state index contributed by atoms with van der Waals surface area (Å²) in [5.41, 5.74) is 1.28. The van der Waals surface area contributed by atoms with Gasteiger partial charge < -0.3 is 10.2 Å². The Bertz CT molecular complexity index is 975. The molecule has 0 bridgehead atoms. The highest BCUT2D eigenvalue weighted by Crippen LogP contribution is 2.14. The van der Waals surface area contributed by atoms with E-state index in [0.717, 1.165) is 31.6 Å². The maximum absolute atomic E-state index is 12.5. The van der Waals surface area contributed by atoms with Crippen molar-refractivity contribution in [3.8, 4) is 5.69 Å². The number of carbonyl (C=O) groups is 1. The molecule has 0 spiro atoms. The third-order valence-electron chi connectivity index (χ3n) is 5.12. The fourth-order valence-corrected chi connectivity index (χ4v) is 3.53. The van der Waals surface area contributed by atoms with E-state index in [1.807, 2.05) is 60.7 Å². The maximum Gasteiger partial charge on any atom is 0.373 e. The van der Waals surface area contributed by atoms with Crippen LogP contribution in [0, 0.1) is 5.92 Å². The van der Waals surface area contributed by atoms with Crippen LogP contribution >= 0.6 is 0 Å². The van der Waals surface area contributed by atoms with Crippen LogP contribution in [0.1, 0.15) is 12.8 Å². The van der Waals surface area contributed by atoms with Crippen molar-refractivity contribution in [2.24, 2.45) is 5.92 Å². The molecule has 1 amide bonds. The standard InChI is InChI=1S/C20H22N6O2/c27-19(21-17-7-3-1-4-8-17)16-11-13-24(14-12-16)15-25-20(28)26(23-22-25)18-9-5-2-6-10-18/h1-10,16H,11-15H2,(H,21,27)/p+1. The number of carbonyl (C=O) groups excluding carboxylic acids is 1. The summed E-state index contributed by atoms with van der Waals surface area (Å²) in [7, 11) is 0. The second kappa shape index (κ2) is 8.18. The molecule has 0 atom stereocenters. The molecule has 0 aliphatic carbocycles. The highest BCUT2D eigenvalue weighted by molar-refractivity contribution is 5.92. The predicted octanol–water partition coefficient (Wildman–Crippen LogP) is 0.320. The van der Waals surface area contributed by atoms with Crippen molar-refractivity contribution < 1.29 is 9.69 Å². The first kappa shape index (κ1) is 18.1. The number of rotatable bonds is 5. The quantitative estimate of drug-likeness (QED) is 0.669. The molecule has 2 N–H and O–H groups in total. The Morgan fingerprint density at radius 2 is 1.64 bits per heavy atom. The lowest BCUT2D eigenvalue weighted by atomic mass is 9.96. The van der Waals surface area contributed by atoms with Crippen LogP contribution in [0.25, 0.3) is 5.69 Å². The van der Waals surface area contributed by atoms with Gasteiger partial charge in [0.05, 0.1) is 18.8 Å². The minimum Gasteiger partial charge on any atom is -0.326 e. The molecule has 144 valence electrons. The Kier molecular flexibility index (Phi) is 5.29. The lowest BCUT2D eigenvalue weighted by Crippen LogP contribution is -3.12. The van der Waals surface area contributed by atoms with Crippen LogP contribution < -0.4 is 15.9 Å². The van der Waals surface area contributed by atoms with Crippen molar-refractivity contribution in [1.82, 2.24) is 19.8 Å². The van der Waals surface area contributed by atoms with Gasteiger partial charge in [0.15, 0.2) is 6.67 Å². The van der Waals surface area contributed by atoms with Gasteiger partial charge in [-0.25, -0.2) is 4.79 Å². The molecule has 1 aromatic heterocycles. The van der Waals surface area contributed by atoms with E-state index >= 15 is 0 Å². The van der Waals surface area contributed by atoms with Crippen molar-refractivity contribution in [3.05, 3.63) is 71.1 Å². The topological polar surface area (TPSA) is 86.2 Å². The highest BCUT2D eigenvalue weighted by atomic mass is 16.2. The van der Waals surface area contributed by atoms with E-state index in [0.29, 0.717) is 12.4 Å². The number of hydrogen-bond donors (Lipinski definition) is 2. The van der Waals surface area contributed by atoms with Gasteiger partial charge in [0.25, 0.3) is 0 Å². The van der Waals surface area contributed by atoms with Gasteiger partial charge in [0.1, 0.15) is 0 Å². The molecule has 28 heavy (non-hydrogen) atoms. The van der Waals surface area contributed by atoms with Crippen molar-refractivity contribution in [2.45, 2.75) is 19.5 Å².